The molecule has 24 heavy (non-hydrogen) atoms. The van der Waals surface area contributed by atoms with Crippen LogP contribution in [0.2, 0.25) is 0 Å². The zero-order valence-corrected chi connectivity index (χ0v) is 13.2. The number of nitro groups is 1. The fraction of sp³-hybridized carbons (Fsp3) is 0.375. The van der Waals surface area contributed by atoms with Crippen molar-refractivity contribution in [2.75, 3.05) is 0 Å². The average Bonchev–Trinajstić information content (AvgIpc) is 2.48. The third-order valence-corrected chi connectivity index (χ3v) is 3.42. The summed E-state index contributed by atoms with van der Waals surface area (Å²) in [5, 5.41) is 38.4. The Morgan fingerprint density at radius 3 is 2.33 bits per heavy atom. The van der Waals surface area contributed by atoms with Crippen molar-refractivity contribution >= 4 is 23.5 Å². The van der Waals surface area contributed by atoms with Gasteiger partial charge in [0.1, 0.15) is 0 Å². The van der Waals surface area contributed by atoms with Crippen molar-refractivity contribution in [2.45, 2.75) is 39.0 Å². The fourth-order valence-corrected chi connectivity index (χ4v) is 2.17. The predicted molar refractivity (Wildman–Crippen MR) is 85.8 cm³/mol. The van der Waals surface area contributed by atoms with Gasteiger partial charge in [-0.05, 0) is 49.5 Å². The van der Waals surface area contributed by atoms with Crippen molar-refractivity contribution in [1.29, 1.82) is 0 Å². The highest BCUT2D eigenvalue weighted by Gasteiger charge is 2.18. The Hall–Kier alpha value is -2.90. The average molecular weight is 337 g/mol. The van der Waals surface area contributed by atoms with Crippen LogP contribution < -0.4 is 0 Å². The number of phenols is 2. The van der Waals surface area contributed by atoms with E-state index in [1.165, 1.54) is 13.0 Å². The highest BCUT2D eigenvalue weighted by molar-refractivity contribution is 5.97. The lowest BCUT2D eigenvalue weighted by atomic mass is 10.0. The molecule has 8 nitrogen and oxygen atoms in total. The van der Waals surface area contributed by atoms with Crippen LogP contribution in [0.4, 0.5) is 5.69 Å². The molecule has 130 valence electrons. The summed E-state index contributed by atoms with van der Waals surface area (Å²) < 4.78 is 0. The summed E-state index contributed by atoms with van der Waals surface area (Å²) >= 11 is 0. The molecule has 0 bridgehead atoms. The van der Waals surface area contributed by atoms with E-state index in [2.05, 4.69) is 0 Å². The number of Topliss-reactive ketones (excluding diaryl/α,β-unsaturated/α-hetero) is 1. The van der Waals surface area contributed by atoms with Crippen LogP contribution in [0.15, 0.2) is 17.7 Å². The second kappa shape index (κ2) is 8.66. The van der Waals surface area contributed by atoms with Gasteiger partial charge in [-0.15, -0.1) is 0 Å². The molecule has 0 saturated heterocycles. The number of ketones is 1. The minimum atomic E-state index is -0.871. The Balaban J connectivity index is 2.90. The van der Waals surface area contributed by atoms with Crippen LogP contribution in [-0.4, -0.2) is 32.0 Å². The van der Waals surface area contributed by atoms with Gasteiger partial charge in [0.05, 0.1) is 4.92 Å². The Bertz CT molecular complexity index is 679. The largest absolute Gasteiger partial charge is 0.504 e. The molecule has 0 unspecified atom stereocenters. The van der Waals surface area contributed by atoms with E-state index in [9.17, 15) is 29.9 Å². The molecule has 0 saturated carbocycles. The van der Waals surface area contributed by atoms with Gasteiger partial charge < -0.3 is 15.3 Å². The summed E-state index contributed by atoms with van der Waals surface area (Å²) in [6.07, 6.45) is 3.63. The number of nitrogens with zero attached hydrogens (tertiary/aromatic N) is 1. The maximum absolute atomic E-state index is 11.7. The molecular weight excluding hydrogens is 318 g/mol. The molecule has 0 spiro atoms. The van der Waals surface area contributed by atoms with Crippen molar-refractivity contribution in [3.05, 3.63) is 33.4 Å². The maximum Gasteiger partial charge on any atom is 0.315 e. The van der Waals surface area contributed by atoms with Crippen molar-refractivity contribution in [3.8, 4) is 11.5 Å². The summed E-state index contributed by atoms with van der Waals surface area (Å²) in [5.41, 5.74) is -0.0111. The van der Waals surface area contributed by atoms with E-state index in [0.29, 0.717) is 31.3 Å². The van der Waals surface area contributed by atoms with Crippen molar-refractivity contribution < 1.29 is 29.8 Å². The smallest absolute Gasteiger partial charge is 0.315 e. The Morgan fingerprint density at radius 2 is 1.79 bits per heavy atom. The molecule has 0 aliphatic heterocycles. The molecule has 8 heteroatoms. The molecule has 1 rings (SSSR count). The number of rotatable bonds is 9. The van der Waals surface area contributed by atoms with Crippen LogP contribution in [0.1, 0.15) is 44.6 Å². The minimum absolute atomic E-state index is 0.0666. The third kappa shape index (κ3) is 5.71. The highest BCUT2D eigenvalue weighted by atomic mass is 16.6. The summed E-state index contributed by atoms with van der Waals surface area (Å²) in [5.74, 6) is -2.55. The van der Waals surface area contributed by atoms with E-state index in [1.54, 1.807) is 0 Å². The Kier molecular flexibility index (Phi) is 6.91. The number of phenolic OH excluding ortho intramolecular Hbond substituents is 2. The predicted octanol–water partition coefficient (Wildman–Crippen LogP) is 3.01. The number of benzene rings is 1. The van der Waals surface area contributed by atoms with E-state index >= 15 is 0 Å². The minimum Gasteiger partial charge on any atom is -0.504 e. The lowest BCUT2D eigenvalue weighted by Crippen LogP contribution is -1.98. The summed E-state index contributed by atoms with van der Waals surface area (Å²) in [6.45, 7) is 1.36. The molecule has 0 aliphatic rings. The van der Waals surface area contributed by atoms with Crippen LogP contribution in [0.5, 0.6) is 11.5 Å². The van der Waals surface area contributed by atoms with Gasteiger partial charge >= 0.3 is 11.7 Å². The summed E-state index contributed by atoms with van der Waals surface area (Å²) in [4.78, 5) is 32.1. The topological polar surface area (TPSA) is 138 Å². The summed E-state index contributed by atoms with van der Waals surface area (Å²) in [6, 6.07) is 2.21. The molecule has 0 aliphatic carbocycles. The monoisotopic (exact) mass is 337 g/mol. The van der Waals surface area contributed by atoms with Crippen LogP contribution in [0.25, 0.3) is 6.08 Å². The van der Waals surface area contributed by atoms with Gasteiger partial charge in [-0.2, -0.15) is 0 Å². The van der Waals surface area contributed by atoms with E-state index in [1.807, 2.05) is 0 Å². The molecule has 1 aromatic carbocycles. The van der Waals surface area contributed by atoms with Gasteiger partial charge in [0.2, 0.25) is 5.75 Å². The molecule has 0 aromatic heterocycles. The number of hydrogen-bond donors (Lipinski definition) is 3. The first-order valence-electron chi connectivity index (χ1n) is 7.36. The van der Waals surface area contributed by atoms with Gasteiger partial charge in [0.25, 0.3) is 0 Å². The molecule has 0 radical (unpaired) electrons. The molecule has 0 heterocycles. The highest BCUT2D eigenvalue weighted by Crippen LogP contribution is 2.36. The number of allylic oxidation sites excluding steroid dienone is 1. The zero-order valence-electron chi connectivity index (χ0n) is 13.2. The number of carbonyl (C=O) groups is 2. The third-order valence-electron chi connectivity index (χ3n) is 3.42. The van der Waals surface area contributed by atoms with Crippen molar-refractivity contribution in [2.24, 2.45) is 0 Å². The zero-order chi connectivity index (χ0) is 18.3. The van der Waals surface area contributed by atoms with Crippen molar-refractivity contribution in [3.63, 3.8) is 0 Å². The maximum atomic E-state index is 11.7. The van der Waals surface area contributed by atoms with Crippen molar-refractivity contribution in [1.82, 2.24) is 0 Å². The molecular formula is C16H19NO7. The fourth-order valence-electron chi connectivity index (χ4n) is 2.17. The van der Waals surface area contributed by atoms with E-state index in [0.717, 1.165) is 12.1 Å². The van der Waals surface area contributed by atoms with Gasteiger partial charge in [-0.1, -0.05) is 6.42 Å². The van der Waals surface area contributed by atoms with E-state index in [4.69, 9.17) is 5.11 Å². The van der Waals surface area contributed by atoms with Gasteiger partial charge in [-0.25, -0.2) is 0 Å². The Labute approximate surface area is 138 Å². The first-order valence-corrected chi connectivity index (χ1v) is 7.36. The lowest BCUT2D eigenvalue weighted by molar-refractivity contribution is -0.386. The lowest BCUT2D eigenvalue weighted by Gasteiger charge is -2.06. The second-order valence-corrected chi connectivity index (χ2v) is 5.35. The number of carboxylic acid groups (broad SMARTS) is 1. The molecule has 3 N–H and O–H groups in total. The van der Waals surface area contributed by atoms with E-state index < -0.39 is 28.1 Å². The first kappa shape index (κ1) is 19.1. The van der Waals surface area contributed by atoms with Gasteiger partial charge in [-0.3, -0.25) is 19.7 Å². The number of unbranched alkanes of at least 4 members (excludes halogenated alkanes) is 2. The second-order valence-electron chi connectivity index (χ2n) is 5.35. The molecule has 0 amide bonds. The van der Waals surface area contributed by atoms with Crippen LogP contribution in [0.3, 0.4) is 0 Å². The van der Waals surface area contributed by atoms with Gasteiger partial charge in [0, 0.05) is 12.5 Å². The van der Waals surface area contributed by atoms with E-state index in [-0.39, 0.29) is 17.8 Å². The number of carboxylic acids is 1. The van der Waals surface area contributed by atoms with Crippen LogP contribution >= 0.6 is 0 Å². The van der Waals surface area contributed by atoms with Gasteiger partial charge in [0.15, 0.2) is 11.5 Å². The van der Waals surface area contributed by atoms with Crippen LogP contribution in [-0.2, 0) is 9.59 Å². The van der Waals surface area contributed by atoms with Crippen LogP contribution in [0, 0.1) is 10.1 Å². The number of nitro benzene ring substituents is 1. The normalized spacial score (nSPS) is 11.3. The quantitative estimate of drug-likeness (QED) is 0.207. The molecule has 0 atom stereocenters. The number of hydrogen-bond acceptors (Lipinski definition) is 6. The first-order chi connectivity index (χ1) is 11.2. The standard InChI is InChI=1S/C16H19NO7/c1-10(18)12(5-3-2-4-6-15(20)21)7-11-8-13(17(23)24)16(22)14(19)9-11/h7-9,19,22H,2-6H2,1H3,(H,20,21). The SMILES string of the molecule is CC(=O)C(=Cc1cc(O)c(O)c([N+](=O)[O-])c1)CCCCCC(=O)O. The number of carbonyl (C=O) groups excluding carboxylic acids is 1. The molecule has 1 aromatic rings. The number of aromatic hydroxyl groups is 2. The Morgan fingerprint density at radius 1 is 1.17 bits per heavy atom. The number of aliphatic carboxylic acids is 1. The summed E-state index contributed by atoms with van der Waals surface area (Å²) in [7, 11) is 0. The molecule has 0 fully saturated rings.